The lowest BCUT2D eigenvalue weighted by molar-refractivity contribution is -0.133. The molecule has 23 heavy (non-hydrogen) atoms. The van der Waals surface area contributed by atoms with Gasteiger partial charge in [0.15, 0.2) is 0 Å². The standard InChI is InChI=1S/C19H22N2O2/c1-20(2)19(23)17(15-10-6-4-7-11-15)18(21(3)14-22)16-12-8-5-9-13-16/h4-14,17-18H,1-3H3/t17-,18-/m1/s1. The third-order valence-electron chi connectivity index (χ3n) is 3.93. The lowest BCUT2D eigenvalue weighted by atomic mass is 9.85. The summed E-state index contributed by atoms with van der Waals surface area (Å²) in [5.41, 5.74) is 1.83. The highest BCUT2D eigenvalue weighted by atomic mass is 16.2. The Hall–Kier alpha value is -2.62. The van der Waals surface area contributed by atoms with Gasteiger partial charge in [-0.3, -0.25) is 9.59 Å². The van der Waals surface area contributed by atoms with Gasteiger partial charge < -0.3 is 9.80 Å². The molecule has 0 saturated heterocycles. The van der Waals surface area contributed by atoms with Crippen LogP contribution in [0, 0.1) is 0 Å². The van der Waals surface area contributed by atoms with Crippen LogP contribution in [0.2, 0.25) is 0 Å². The average molecular weight is 310 g/mol. The van der Waals surface area contributed by atoms with Crippen LogP contribution in [-0.2, 0) is 9.59 Å². The molecule has 0 unspecified atom stereocenters. The maximum Gasteiger partial charge on any atom is 0.232 e. The Morgan fingerprint density at radius 1 is 0.870 bits per heavy atom. The Labute approximate surface area is 137 Å². The summed E-state index contributed by atoms with van der Waals surface area (Å²) in [4.78, 5) is 27.5. The van der Waals surface area contributed by atoms with E-state index in [9.17, 15) is 9.59 Å². The fourth-order valence-electron chi connectivity index (χ4n) is 2.78. The topological polar surface area (TPSA) is 40.6 Å². The average Bonchev–Trinajstić information content (AvgIpc) is 2.59. The van der Waals surface area contributed by atoms with Crippen molar-refractivity contribution < 1.29 is 9.59 Å². The number of carbonyl (C=O) groups is 2. The molecule has 4 nitrogen and oxygen atoms in total. The largest absolute Gasteiger partial charge is 0.348 e. The van der Waals surface area contributed by atoms with Crippen LogP contribution in [0.15, 0.2) is 60.7 Å². The minimum absolute atomic E-state index is 0.0289. The molecule has 0 saturated carbocycles. The first-order chi connectivity index (χ1) is 11.1. The normalized spacial score (nSPS) is 13.0. The zero-order valence-corrected chi connectivity index (χ0v) is 13.7. The Bertz CT molecular complexity index is 641. The first-order valence-electron chi connectivity index (χ1n) is 7.54. The zero-order valence-electron chi connectivity index (χ0n) is 13.7. The minimum Gasteiger partial charge on any atom is -0.348 e. The second kappa shape index (κ2) is 7.58. The molecule has 2 amide bonds. The quantitative estimate of drug-likeness (QED) is 0.770. The predicted octanol–water partition coefficient (Wildman–Crippen LogP) is 2.69. The van der Waals surface area contributed by atoms with Gasteiger partial charge in [0.2, 0.25) is 12.3 Å². The fraction of sp³-hybridized carbons (Fsp3) is 0.263. The molecule has 0 heterocycles. The molecular weight excluding hydrogens is 288 g/mol. The van der Waals surface area contributed by atoms with Crippen LogP contribution in [0.5, 0.6) is 0 Å². The molecule has 0 aliphatic rings. The van der Waals surface area contributed by atoms with E-state index >= 15 is 0 Å². The Morgan fingerprint density at radius 3 is 1.78 bits per heavy atom. The molecule has 0 radical (unpaired) electrons. The van der Waals surface area contributed by atoms with Gasteiger partial charge in [-0.05, 0) is 11.1 Å². The summed E-state index contributed by atoms with van der Waals surface area (Å²) in [7, 11) is 5.19. The first-order valence-corrected chi connectivity index (χ1v) is 7.54. The minimum atomic E-state index is -0.455. The van der Waals surface area contributed by atoms with Crippen LogP contribution in [0.25, 0.3) is 0 Å². The van der Waals surface area contributed by atoms with Crippen molar-refractivity contribution >= 4 is 12.3 Å². The fourth-order valence-corrected chi connectivity index (χ4v) is 2.78. The second-order valence-electron chi connectivity index (χ2n) is 5.75. The van der Waals surface area contributed by atoms with Crippen LogP contribution < -0.4 is 0 Å². The van der Waals surface area contributed by atoms with Gasteiger partial charge in [0, 0.05) is 21.1 Å². The maximum atomic E-state index is 12.9. The smallest absolute Gasteiger partial charge is 0.232 e. The summed E-state index contributed by atoms with van der Waals surface area (Å²) in [6.45, 7) is 0. The first kappa shape index (κ1) is 16.7. The van der Waals surface area contributed by atoms with E-state index in [1.165, 1.54) is 0 Å². The molecule has 0 aromatic heterocycles. The number of hydrogen-bond acceptors (Lipinski definition) is 2. The second-order valence-corrected chi connectivity index (χ2v) is 5.75. The van der Waals surface area contributed by atoms with Crippen molar-refractivity contribution in [2.45, 2.75) is 12.0 Å². The van der Waals surface area contributed by atoms with Crippen molar-refractivity contribution in [3.05, 3.63) is 71.8 Å². The monoisotopic (exact) mass is 310 g/mol. The summed E-state index contributed by atoms with van der Waals surface area (Å²) in [6.07, 6.45) is 0.774. The molecular formula is C19H22N2O2. The van der Waals surface area contributed by atoms with Crippen LogP contribution in [0.1, 0.15) is 23.1 Å². The molecule has 120 valence electrons. The van der Waals surface area contributed by atoms with Crippen molar-refractivity contribution in [1.82, 2.24) is 9.80 Å². The molecule has 0 spiro atoms. The Balaban J connectivity index is 2.57. The van der Waals surface area contributed by atoms with Crippen LogP contribution in [-0.4, -0.2) is 43.3 Å². The molecule has 0 aliphatic carbocycles. The molecule has 0 N–H and O–H groups in total. The van der Waals surface area contributed by atoms with Gasteiger partial charge in [-0.2, -0.15) is 0 Å². The van der Waals surface area contributed by atoms with E-state index in [2.05, 4.69) is 0 Å². The van der Waals surface area contributed by atoms with E-state index in [0.29, 0.717) is 0 Å². The molecule has 0 fully saturated rings. The molecule has 4 heteroatoms. The van der Waals surface area contributed by atoms with Crippen molar-refractivity contribution in [2.75, 3.05) is 21.1 Å². The summed E-state index contributed by atoms with van der Waals surface area (Å²) in [5, 5.41) is 0. The van der Waals surface area contributed by atoms with Crippen LogP contribution in [0.4, 0.5) is 0 Å². The van der Waals surface area contributed by atoms with Crippen LogP contribution >= 0.6 is 0 Å². The van der Waals surface area contributed by atoms with E-state index in [1.54, 1.807) is 30.9 Å². The number of benzene rings is 2. The van der Waals surface area contributed by atoms with Crippen molar-refractivity contribution in [3.63, 3.8) is 0 Å². The lowest BCUT2D eigenvalue weighted by Crippen LogP contribution is -2.38. The predicted molar refractivity (Wildman–Crippen MR) is 90.9 cm³/mol. The SMILES string of the molecule is CN(C)C(=O)[C@H](c1ccccc1)[C@@H](c1ccccc1)N(C)C=O. The summed E-state index contributed by atoms with van der Waals surface area (Å²) in [6, 6.07) is 18.9. The van der Waals surface area contributed by atoms with E-state index in [1.807, 2.05) is 60.7 Å². The number of carbonyl (C=O) groups excluding carboxylic acids is 2. The van der Waals surface area contributed by atoms with Gasteiger partial charge in [0.05, 0.1) is 12.0 Å². The van der Waals surface area contributed by atoms with Crippen molar-refractivity contribution in [2.24, 2.45) is 0 Å². The summed E-state index contributed by atoms with van der Waals surface area (Å²) < 4.78 is 0. The molecule has 0 aliphatic heterocycles. The number of rotatable bonds is 6. The third-order valence-corrected chi connectivity index (χ3v) is 3.93. The molecule has 2 aromatic rings. The highest BCUT2D eigenvalue weighted by molar-refractivity contribution is 5.84. The van der Waals surface area contributed by atoms with Crippen LogP contribution in [0.3, 0.4) is 0 Å². The number of amides is 2. The van der Waals surface area contributed by atoms with Crippen molar-refractivity contribution in [3.8, 4) is 0 Å². The summed E-state index contributed by atoms with van der Waals surface area (Å²) >= 11 is 0. The van der Waals surface area contributed by atoms with E-state index < -0.39 is 5.92 Å². The highest BCUT2D eigenvalue weighted by Gasteiger charge is 2.34. The van der Waals surface area contributed by atoms with Gasteiger partial charge in [-0.25, -0.2) is 0 Å². The van der Waals surface area contributed by atoms with E-state index in [4.69, 9.17) is 0 Å². The molecule has 0 bridgehead atoms. The third kappa shape index (κ3) is 3.77. The van der Waals surface area contributed by atoms with Gasteiger partial charge in [0.25, 0.3) is 0 Å². The number of nitrogens with zero attached hydrogens (tertiary/aromatic N) is 2. The molecule has 2 atom stereocenters. The van der Waals surface area contributed by atoms with E-state index in [-0.39, 0.29) is 11.9 Å². The number of likely N-dealkylation sites (N-methyl/N-ethyl adjacent to an activating group) is 2. The number of hydrogen-bond donors (Lipinski definition) is 0. The molecule has 2 aromatic carbocycles. The Kier molecular flexibility index (Phi) is 5.52. The van der Waals surface area contributed by atoms with E-state index in [0.717, 1.165) is 17.5 Å². The lowest BCUT2D eigenvalue weighted by Gasteiger charge is -2.34. The van der Waals surface area contributed by atoms with Crippen molar-refractivity contribution in [1.29, 1.82) is 0 Å². The zero-order chi connectivity index (χ0) is 16.8. The van der Waals surface area contributed by atoms with Gasteiger partial charge >= 0.3 is 0 Å². The van der Waals surface area contributed by atoms with Gasteiger partial charge in [-0.15, -0.1) is 0 Å². The maximum absolute atomic E-state index is 12.9. The highest BCUT2D eigenvalue weighted by Crippen LogP contribution is 2.35. The Morgan fingerprint density at radius 2 is 1.35 bits per heavy atom. The van der Waals surface area contributed by atoms with Gasteiger partial charge in [0.1, 0.15) is 0 Å². The molecule has 2 rings (SSSR count). The summed E-state index contributed by atoms with van der Waals surface area (Å²) in [5.74, 6) is -0.484. The van der Waals surface area contributed by atoms with Gasteiger partial charge in [-0.1, -0.05) is 60.7 Å².